The van der Waals surface area contributed by atoms with Crippen LogP contribution in [-0.4, -0.2) is 78.5 Å². The maximum absolute atomic E-state index is 12.3. The van der Waals surface area contributed by atoms with Gasteiger partial charge in [-0.1, -0.05) is 0 Å². The number of hydrogen-bond donors (Lipinski definition) is 2. The van der Waals surface area contributed by atoms with Gasteiger partial charge in [0, 0.05) is 26.2 Å². The second kappa shape index (κ2) is 9.98. The molecule has 1 rings (SSSR count). The maximum Gasteiger partial charge on any atom is 0.407 e. The maximum atomic E-state index is 12.3. The Morgan fingerprint density at radius 1 is 1.12 bits per heavy atom. The van der Waals surface area contributed by atoms with Crippen molar-refractivity contribution in [2.24, 2.45) is 5.73 Å². The Hall–Kier alpha value is -1.15. The van der Waals surface area contributed by atoms with Crippen LogP contribution >= 0.6 is 7.60 Å². The highest BCUT2D eigenvalue weighted by molar-refractivity contribution is 7.53. The molecular weight excluding hydrogens is 337 g/mol. The van der Waals surface area contributed by atoms with Gasteiger partial charge in [0.2, 0.25) is 5.91 Å². The molecule has 140 valence electrons. The lowest BCUT2D eigenvalue weighted by Gasteiger charge is -2.34. The normalized spacial score (nSPS) is 17.0. The van der Waals surface area contributed by atoms with Gasteiger partial charge in [0.15, 0.2) is 0 Å². The van der Waals surface area contributed by atoms with Crippen LogP contribution in [0, 0.1) is 0 Å². The summed E-state index contributed by atoms with van der Waals surface area (Å²) in [6.07, 6.45) is 0.0816. The lowest BCUT2D eigenvalue weighted by atomic mass is 10.1. The number of carboxylic acid groups (broad SMARTS) is 1. The van der Waals surface area contributed by atoms with Gasteiger partial charge in [-0.05, 0) is 26.7 Å². The van der Waals surface area contributed by atoms with Crippen LogP contribution in [-0.2, 0) is 18.4 Å². The first kappa shape index (κ1) is 20.9. The Morgan fingerprint density at radius 3 is 2.08 bits per heavy atom. The topological polar surface area (TPSA) is 122 Å². The molecule has 0 spiro atoms. The number of carbonyl (C=O) groups excluding carboxylic acids is 1. The van der Waals surface area contributed by atoms with Gasteiger partial charge >= 0.3 is 13.7 Å². The summed E-state index contributed by atoms with van der Waals surface area (Å²) < 4.78 is 22.7. The molecule has 0 unspecified atom stereocenters. The van der Waals surface area contributed by atoms with Crippen LogP contribution in [0.5, 0.6) is 0 Å². The fourth-order valence-electron chi connectivity index (χ4n) is 2.54. The average molecular weight is 365 g/mol. The van der Waals surface area contributed by atoms with Crippen LogP contribution in [0.2, 0.25) is 0 Å². The van der Waals surface area contributed by atoms with Crippen molar-refractivity contribution in [2.75, 3.05) is 45.6 Å². The summed E-state index contributed by atoms with van der Waals surface area (Å²) in [4.78, 5) is 26.0. The summed E-state index contributed by atoms with van der Waals surface area (Å²) >= 11 is 0. The summed E-state index contributed by atoms with van der Waals surface area (Å²) in [5, 5.41) is 8.90. The third-order valence-corrected chi connectivity index (χ3v) is 5.94. The van der Waals surface area contributed by atoms with E-state index in [1.165, 1.54) is 4.90 Å². The van der Waals surface area contributed by atoms with Gasteiger partial charge in [-0.15, -0.1) is 0 Å². The number of carbonyl (C=O) groups is 2. The Morgan fingerprint density at radius 2 is 1.62 bits per heavy atom. The fraction of sp³-hybridized carbons (Fsp3) is 0.857. The average Bonchev–Trinajstić information content (AvgIpc) is 2.54. The van der Waals surface area contributed by atoms with Gasteiger partial charge in [0.25, 0.3) is 0 Å². The van der Waals surface area contributed by atoms with E-state index in [-0.39, 0.29) is 25.2 Å². The fourth-order valence-corrected chi connectivity index (χ4v) is 4.23. The Kier molecular flexibility index (Phi) is 8.69. The molecule has 2 amide bonds. The molecule has 0 aromatic heterocycles. The lowest BCUT2D eigenvalue weighted by molar-refractivity contribution is -0.134. The lowest BCUT2D eigenvalue weighted by Crippen LogP contribution is -2.54. The van der Waals surface area contributed by atoms with Crippen LogP contribution in [0.4, 0.5) is 4.79 Å². The molecule has 1 atom stereocenters. The molecule has 0 radical (unpaired) electrons. The number of piperazine rings is 1. The number of amides is 2. The van der Waals surface area contributed by atoms with Crippen molar-refractivity contribution in [1.82, 2.24) is 9.80 Å². The van der Waals surface area contributed by atoms with Crippen molar-refractivity contribution >= 4 is 19.6 Å². The minimum absolute atomic E-state index is 0.206. The van der Waals surface area contributed by atoms with Crippen molar-refractivity contribution in [2.45, 2.75) is 32.7 Å². The predicted molar refractivity (Wildman–Crippen MR) is 89.1 cm³/mol. The largest absolute Gasteiger partial charge is 0.465 e. The molecule has 0 aliphatic carbocycles. The highest BCUT2D eigenvalue weighted by Crippen LogP contribution is 2.48. The molecule has 1 aliphatic rings. The van der Waals surface area contributed by atoms with Crippen molar-refractivity contribution in [3.63, 3.8) is 0 Å². The monoisotopic (exact) mass is 365 g/mol. The van der Waals surface area contributed by atoms with Crippen LogP contribution in [0.1, 0.15) is 26.7 Å². The van der Waals surface area contributed by atoms with Gasteiger partial charge in [-0.3, -0.25) is 9.36 Å². The third-order valence-electron chi connectivity index (χ3n) is 3.78. The van der Waals surface area contributed by atoms with Crippen molar-refractivity contribution in [1.29, 1.82) is 0 Å². The van der Waals surface area contributed by atoms with Gasteiger partial charge in [-0.2, -0.15) is 0 Å². The molecule has 0 saturated carbocycles. The Bertz CT molecular complexity index is 457. The molecule has 24 heavy (non-hydrogen) atoms. The summed E-state index contributed by atoms with van der Waals surface area (Å²) in [6, 6.07) is -0.696. The highest BCUT2D eigenvalue weighted by Gasteiger charge is 2.28. The molecule has 1 saturated heterocycles. The SMILES string of the molecule is CCOP(=O)(CCC[C@@H](N)C(=O)N1CCN(C(=O)O)CC1)OCC. The van der Waals surface area contributed by atoms with E-state index in [9.17, 15) is 14.2 Å². The van der Waals surface area contributed by atoms with Crippen LogP contribution < -0.4 is 5.73 Å². The number of nitrogens with zero attached hydrogens (tertiary/aromatic N) is 2. The molecular formula is C14H28N3O6P. The quantitative estimate of drug-likeness (QED) is 0.588. The van der Waals surface area contributed by atoms with E-state index in [1.807, 2.05) is 0 Å². The molecule has 10 heteroatoms. The first-order chi connectivity index (χ1) is 11.3. The highest BCUT2D eigenvalue weighted by atomic mass is 31.2. The van der Waals surface area contributed by atoms with Crippen LogP contribution in [0.15, 0.2) is 0 Å². The second-order valence-electron chi connectivity index (χ2n) is 5.51. The minimum Gasteiger partial charge on any atom is -0.465 e. The minimum atomic E-state index is -3.11. The van der Waals surface area contributed by atoms with E-state index in [0.717, 1.165) is 0 Å². The second-order valence-corrected chi connectivity index (χ2v) is 7.70. The van der Waals surface area contributed by atoms with Gasteiger partial charge in [0.05, 0.1) is 25.4 Å². The number of hydrogen-bond acceptors (Lipinski definition) is 6. The van der Waals surface area contributed by atoms with E-state index in [2.05, 4.69) is 0 Å². The first-order valence-corrected chi connectivity index (χ1v) is 9.96. The van der Waals surface area contributed by atoms with Crippen molar-refractivity contribution < 1.29 is 28.3 Å². The van der Waals surface area contributed by atoms with Crippen LogP contribution in [0.25, 0.3) is 0 Å². The molecule has 0 bridgehead atoms. The van der Waals surface area contributed by atoms with Crippen molar-refractivity contribution in [3.8, 4) is 0 Å². The summed E-state index contributed by atoms with van der Waals surface area (Å²) in [7, 11) is -3.11. The Labute approximate surface area is 142 Å². The summed E-state index contributed by atoms with van der Waals surface area (Å²) in [5.74, 6) is -0.206. The number of nitrogens with two attached hydrogens (primary N) is 1. The van der Waals surface area contributed by atoms with Gasteiger partial charge < -0.3 is 29.7 Å². The molecule has 3 N–H and O–H groups in total. The standard InChI is InChI=1S/C14H28N3O6P/c1-3-22-24(21,23-4-2)11-5-6-12(15)13(18)16-7-9-17(10-8-16)14(19)20/h12H,3-11,15H2,1-2H3,(H,19,20)/t12-/m1/s1. The zero-order valence-electron chi connectivity index (χ0n) is 14.3. The van der Waals surface area contributed by atoms with E-state index in [4.69, 9.17) is 19.9 Å². The van der Waals surface area contributed by atoms with E-state index >= 15 is 0 Å². The van der Waals surface area contributed by atoms with Crippen molar-refractivity contribution in [3.05, 3.63) is 0 Å². The zero-order valence-corrected chi connectivity index (χ0v) is 15.2. The van der Waals surface area contributed by atoms with E-state index in [0.29, 0.717) is 39.1 Å². The van der Waals surface area contributed by atoms with E-state index in [1.54, 1.807) is 18.7 Å². The molecule has 1 heterocycles. The summed E-state index contributed by atoms with van der Waals surface area (Å²) in [6.45, 7) is 5.36. The molecule has 0 aromatic rings. The number of rotatable bonds is 9. The molecule has 1 aliphatic heterocycles. The van der Waals surface area contributed by atoms with Gasteiger partial charge in [0.1, 0.15) is 0 Å². The smallest absolute Gasteiger partial charge is 0.407 e. The molecule has 1 fully saturated rings. The van der Waals surface area contributed by atoms with Gasteiger partial charge in [-0.25, -0.2) is 4.79 Å². The zero-order chi connectivity index (χ0) is 18.2. The van der Waals surface area contributed by atoms with E-state index < -0.39 is 19.7 Å². The molecule has 0 aromatic carbocycles. The van der Waals surface area contributed by atoms with Crippen LogP contribution in [0.3, 0.4) is 0 Å². The molecule has 9 nitrogen and oxygen atoms in total. The summed E-state index contributed by atoms with van der Waals surface area (Å²) in [5.41, 5.74) is 5.93. The Balaban J connectivity index is 2.39. The predicted octanol–water partition coefficient (Wildman–Crippen LogP) is 1.18. The third kappa shape index (κ3) is 6.39. The first-order valence-electron chi connectivity index (χ1n) is 8.23.